The van der Waals surface area contributed by atoms with Crippen LogP contribution in [0, 0.1) is 6.92 Å². The van der Waals surface area contributed by atoms with Crippen molar-refractivity contribution in [2.45, 2.75) is 58.3 Å². The van der Waals surface area contributed by atoms with Crippen LogP contribution in [0.5, 0.6) is 0 Å². The Bertz CT molecular complexity index is 1020. The number of thiophene rings is 1. The second-order valence-corrected chi connectivity index (χ2v) is 11.1. The standard InChI is InChI=1S/C28H41N5O2S/c1-22-27-23(21-36-22)28(35)30-24-12-8-9-13-25(24)33(27)26(34)20-32-18-16-31(17-19-32)15-11-7-5-3-2-4-6-10-14-29/h8-9,12-13,21H,2-7,10-11,14-20,29H2,1H3,(H,30,35). The summed E-state index contributed by atoms with van der Waals surface area (Å²) in [7, 11) is 0. The van der Waals surface area contributed by atoms with E-state index in [0.29, 0.717) is 17.8 Å². The number of unbranched alkanes of at least 4 members (excludes halogenated alkanes) is 7. The predicted octanol–water partition coefficient (Wildman–Crippen LogP) is 4.98. The molecule has 3 N–H and O–H groups in total. The topological polar surface area (TPSA) is 81.9 Å². The molecule has 2 aromatic rings. The van der Waals surface area contributed by atoms with Crippen LogP contribution in [0.1, 0.15) is 66.6 Å². The van der Waals surface area contributed by atoms with Crippen LogP contribution in [0.15, 0.2) is 29.6 Å². The molecule has 36 heavy (non-hydrogen) atoms. The first-order valence-corrected chi connectivity index (χ1v) is 14.4. The average molecular weight is 512 g/mol. The van der Waals surface area contributed by atoms with Crippen LogP contribution in [0.4, 0.5) is 17.1 Å². The number of benzene rings is 1. The van der Waals surface area contributed by atoms with Gasteiger partial charge in [0.05, 0.1) is 29.2 Å². The summed E-state index contributed by atoms with van der Waals surface area (Å²) >= 11 is 1.51. The zero-order chi connectivity index (χ0) is 25.3. The van der Waals surface area contributed by atoms with Gasteiger partial charge in [-0.1, -0.05) is 50.7 Å². The van der Waals surface area contributed by atoms with Gasteiger partial charge in [0, 0.05) is 36.4 Å². The summed E-state index contributed by atoms with van der Waals surface area (Å²) in [4.78, 5) is 34.0. The number of hydrogen-bond donors (Lipinski definition) is 2. The van der Waals surface area contributed by atoms with E-state index in [2.05, 4.69) is 15.1 Å². The Morgan fingerprint density at radius 1 is 0.944 bits per heavy atom. The van der Waals surface area contributed by atoms with E-state index >= 15 is 0 Å². The van der Waals surface area contributed by atoms with E-state index in [1.807, 2.05) is 36.6 Å². The number of carbonyl (C=O) groups excluding carboxylic acids is 2. The van der Waals surface area contributed by atoms with Gasteiger partial charge in [0.1, 0.15) is 0 Å². The molecule has 2 aliphatic heterocycles. The minimum atomic E-state index is -0.155. The Labute approximate surface area is 219 Å². The zero-order valence-corrected chi connectivity index (χ0v) is 22.5. The fourth-order valence-electron chi connectivity index (χ4n) is 5.20. The van der Waals surface area contributed by atoms with Crippen LogP contribution in [0.25, 0.3) is 0 Å². The fraction of sp³-hybridized carbons (Fsp3) is 0.571. The summed E-state index contributed by atoms with van der Waals surface area (Å²) in [6, 6.07) is 7.57. The molecule has 1 aromatic carbocycles. The van der Waals surface area contributed by atoms with Crippen LogP contribution in [-0.4, -0.2) is 67.4 Å². The molecule has 0 atom stereocenters. The van der Waals surface area contributed by atoms with Crippen molar-refractivity contribution in [3.8, 4) is 0 Å². The number of piperazine rings is 1. The van der Waals surface area contributed by atoms with E-state index in [1.54, 1.807) is 4.90 Å². The number of anilines is 3. The predicted molar refractivity (Wildman–Crippen MR) is 149 cm³/mol. The minimum absolute atomic E-state index is 0.0154. The molecular weight excluding hydrogens is 470 g/mol. The third-order valence-corrected chi connectivity index (χ3v) is 8.21. The second kappa shape index (κ2) is 13.3. The van der Waals surface area contributed by atoms with E-state index in [4.69, 9.17) is 5.73 Å². The van der Waals surface area contributed by atoms with Gasteiger partial charge in [-0.3, -0.25) is 19.4 Å². The number of hydrogen-bond acceptors (Lipinski definition) is 6. The van der Waals surface area contributed by atoms with Crippen molar-refractivity contribution in [3.63, 3.8) is 0 Å². The first-order chi connectivity index (χ1) is 17.6. The normalized spacial score (nSPS) is 16.4. The largest absolute Gasteiger partial charge is 0.330 e. The number of para-hydroxylation sites is 2. The molecule has 2 aliphatic rings. The van der Waals surface area contributed by atoms with E-state index in [1.165, 1.54) is 56.3 Å². The Balaban J connectivity index is 1.25. The summed E-state index contributed by atoms with van der Waals surface area (Å²) in [6.07, 6.45) is 10.3. The number of nitrogens with two attached hydrogens (primary N) is 1. The van der Waals surface area contributed by atoms with Gasteiger partial charge in [0.25, 0.3) is 5.91 Å². The third-order valence-electron chi connectivity index (χ3n) is 7.31. The molecule has 1 fully saturated rings. The Morgan fingerprint density at radius 2 is 1.58 bits per heavy atom. The van der Waals surface area contributed by atoms with Gasteiger partial charge in [0.15, 0.2) is 0 Å². The lowest BCUT2D eigenvalue weighted by atomic mass is 10.1. The van der Waals surface area contributed by atoms with Crippen molar-refractivity contribution in [1.82, 2.24) is 9.80 Å². The number of aryl methyl sites for hydroxylation is 1. The van der Waals surface area contributed by atoms with Gasteiger partial charge in [-0.25, -0.2) is 0 Å². The number of nitrogens with one attached hydrogen (secondary N) is 1. The molecule has 0 radical (unpaired) electrons. The van der Waals surface area contributed by atoms with Crippen molar-refractivity contribution in [1.29, 1.82) is 0 Å². The highest BCUT2D eigenvalue weighted by atomic mass is 32.1. The van der Waals surface area contributed by atoms with Gasteiger partial charge < -0.3 is 16.0 Å². The van der Waals surface area contributed by atoms with Crippen molar-refractivity contribution >= 4 is 40.2 Å². The molecule has 0 bridgehead atoms. The molecule has 3 heterocycles. The van der Waals surface area contributed by atoms with Crippen molar-refractivity contribution < 1.29 is 9.59 Å². The first kappa shape index (κ1) is 26.8. The van der Waals surface area contributed by atoms with Crippen LogP contribution in [0.2, 0.25) is 0 Å². The number of nitrogens with zero attached hydrogens (tertiary/aromatic N) is 3. The summed E-state index contributed by atoms with van der Waals surface area (Å²) < 4.78 is 0. The third kappa shape index (κ3) is 6.73. The molecule has 2 amide bonds. The molecule has 0 saturated carbocycles. The molecule has 0 spiro atoms. The Kier molecular flexibility index (Phi) is 9.92. The fourth-order valence-corrected chi connectivity index (χ4v) is 6.03. The van der Waals surface area contributed by atoms with Crippen molar-refractivity contribution in [2.24, 2.45) is 5.73 Å². The van der Waals surface area contributed by atoms with E-state index in [-0.39, 0.29) is 11.8 Å². The summed E-state index contributed by atoms with van der Waals surface area (Å²) in [5.74, 6) is -0.140. The van der Waals surface area contributed by atoms with Crippen LogP contribution in [-0.2, 0) is 4.79 Å². The van der Waals surface area contributed by atoms with E-state index in [9.17, 15) is 9.59 Å². The number of rotatable bonds is 12. The zero-order valence-electron chi connectivity index (χ0n) is 21.6. The van der Waals surface area contributed by atoms with Crippen LogP contribution in [0.3, 0.4) is 0 Å². The quantitative estimate of drug-likeness (QED) is 0.393. The van der Waals surface area contributed by atoms with Crippen molar-refractivity contribution in [3.05, 3.63) is 40.1 Å². The smallest absolute Gasteiger partial charge is 0.258 e. The van der Waals surface area contributed by atoms with Crippen LogP contribution >= 0.6 is 11.3 Å². The van der Waals surface area contributed by atoms with Gasteiger partial charge in [0.2, 0.25) is 5.91 Å². The molecular formula is C28H41N5O2S. The highest BCUT2D eigenvalue weighted by molar-refractivity contribution is 7.11. The molecule has 1 saturated heterocycles. The maximum Gasteiger partial charge on any atom is 0.258 e. The second-order valence-electron chi connectivity index (χ2n) is 9.99. The Morgan fingerprint density at radius 3 is 2.31 bits per heavy atom. The molecule has 0 aliphatic carbocycles. The molecule has 0 unspecified atom stereocenters. The highest BCUT2D eigenvalue weighted by Gasteiger charge is 2.32. The minimum Gasteiger partial charge on any atom is -0.330 e. The SMILES string of the molecule is Cc1scc2c1N(C(=O)CN1CCN(CCCCCCCCCCN)CC1)c1ccccc1NC2=O. The lowest BCUT2D eigenvalue weighted by Gasteiger charge is -2.35. The molecule has 8 heteroatoms. The molecule has 196 valence electrons. The summed E-state index contributed by atoms with van der Waals surface area (Å²) in [5, 5.41) is 4.83. The van der Waals surface area contributed by atoms with Gasteiger partial charge in [-0.05, 0) is 45.0 Å². The van der Waals surface area contributed by atoms with Crippen molar-refractivity contribution in [2.75, 3.05) is 56.0 Å². The number of carbonyl (C=O) groups is 2. The van der Waals surface area contributed by atoms with Crippen LogP contribution < -0.4 is 16.0 Å². The number of amides is 2. The average Bonchev–Trinajstić information content (AvgIpc) is 3.20. The molecule has 7 nitrogen and oxygen atoms in total. The monoisotopic (exact) mass is 511 g/mol. The first-order valence-electron chi connectivity index (χ1n) is 13.5. The van der Waals surface area contributed by atoms with E-state index in [0.717, 1.165) is 61.9 Å². The van der Waals surface area contributed by atoms with Gasteiger partial charge in [-0.15, -0.1) is 11.3 Å². The molecule has 1 aromatic heterocycles. The maximum atomic E-state index is 13.7. The lowest BCUT2D eigenvalue weighted by molar-refractivity contribution is -0.119. The van der Waals surface area contributed by atoms with Gasteiger partial charge >= 0.3 is 0 Å². The summed E-state index contributed by atoms with van der Waals surface area (Å²) in [6.45, 7) is 8.11. The maximum absolute atomic E-state index is 13.7. The van der Waals surface area contributed by atoms with E-state index < -0.39 is 0 Å². The molecule has 4 rings (SSSR count). The van der Waals surface area contributed by atoms with Gasteiger partial charge in [-0.2, -0.15) is 0 Å². The highest BCUT2D eigenvalue weighted by Crippen LogP contribution is 2.42. The number of fused-ring (bicyclic) bond motifs is 2. The summed E-state index contributed by atoms with van der Waals surface area (Å²) in [5.41, 5.74) is 8.27. The Hall–Kier alpha value is -2.26. The lowest BCUT2D eigenvalue weighted by Crippen LogP contribution is -2.49.